The van der Waals surface area contributed by atoms with Crippen molar-refractivity contribution < 1.29 is 4.92 Å². The van der Waals surface area contributed by atoms with E-state index in [9.17, 15) is 10.1 Å². The number of nitro benzene ring substituents is 1. The molecule has 0 saturated heterocycles. The van der Waals surface area contributed by atoms with Gasteiger partial charge in [-0.2, -0.15) is 5.10 Å². The smallest absolute Gasteiger partial charge is 0.270 e. The van der Waals surface area contributed by atoms with Crippen LogP contribution in [-0.4, -0.2) is 10.6 Å². The minimum atomic E-state index is -0.437. The van der Waals surface area contributed by atoms with Crippen molar-refractivity contribution in [3.63, 3.8) is 0 Å². The largest absolute Gasteiger partial charge is 0.323 e. The van der Waals surface area contributed by atoms with Crippen molar-refractivity contribution in [3.05, 3.63) is 39.9 Å². The number of nitrogens with two attached hydrogens (primary N) is 1. The summed E-state index contributed by atoms with van der Waals surface area (Å²) in [6, 6.07) is 6.28. The molecule has 5 heteroatoms. The molecule has 0 aliphatic carbocycles. The molecule has 0 heterocycles. The zero-order valence-corrected chi connectivity index (χ0v) is 7.80. The molecule has 1 aromatic carbocycles. The molecule has 0 bridgehead atoms. The van der Waals surface area contributed by atoms with E-state index < -0.39 is 4.92 Å². The summed E-state index contributed by atoms with van der Waals surface area (Å²) in [7, 11) is 0. The summed E-state index contributed by atoms with van der Waals surface area (Å²) in [6.07, 6.45) is 0.650. The van der Waals surface area contributed by atoms with Crippen LogP contribution in [0.2, 0.25) is 0 Å². The Kier molecular flexibility index (Phi) is 3.17. The molecule has 0 aliphatic heterocycles. The predicted octanol–water partition coefficient (Wildman–Crippen LogP) is 1.67. The van der Waals surface area contributed by atoms with Crippen molar-refractivity contribution in [3.8, 4) is 0 Å². The van der Waals surface area contributed by atoms with Crippen molar-refractivity contribution in [2.24, 2.45) is 10.9 Å². The Labute approximate surface area is 81.4 Å². The maximum absolute atomic E-state index is 10.5. The van der Waals surface area contributed by atoms with Crippen molar-refractivity contribution in [2.75, 3.05) is 0 Å². The standard InChI is InChI=1S/C9H11N3O2/c1-2-9(11-10)7-4-3-5-8(6-7)12(13)14/h3-6H,2,10H2,1H3. The Morgan fingerprint density at radius 3 is 2.86 bits per heavy atom. The van der Waals surface area contributed by atoms with Crippen molar-refractivity contribution in [1.29, 1.82) is 0 Å². The van der Waals surface area contributed by atoms with Gasteiger partial charge in [-0.3, -0.25) is 10.1 Å². The lowest BCUT2D eigenvalue weighted by Crippen LogP contribution is -2.03. The van der Waals surface area contributed by atoms with Gasteiger partial charge in [0, 0.05) is 17.7 Å². The first-order chi connectivity index (χ1) is 6.69. The van der Waals surface area contributed by atoms with Gasteiger partial charge < -0.3 is 5.84 Å². The Morgan fingerprint density at radius 2 is 2.36 bits per heavy atom. The number of hydrogen-bond donors (Lipinski definition) is 1. The second-order valence-corrected chi connectivity index (χ2v) is 2.74. The molecule has 1 rings (SSSR count). The van der Waals surface area contributed by atoms with E-state index in [1.807, 2.05) is 6.92 Å². The van der Waals surface area contributed by atoms with Gasteiger partial charge in [0.2, 0.25) is 0 Å². The molecule has 0 radical (unpaired) electrons. The Morgan fingerprint density at radius 1 is 1.64 bits per heavy atom. The number of hydrogen-bond acceptors (Lipinski definition) is 4. The molecule has 0 atom stereocenters. The van der Waals surface area contributed by atoms with E-state index in [0.717, 1.165) is 0 Å². The van der Waals surface area contributed by atoms with E-state index in [2.05, 4.69) is 5.10 Å². The van der Waals surface area contributed by atoms with Crippen LogP contribution in [0.3, 0.4) is 0 Å². The molecular formula is C9H11N3O2. The van der Waals surface area contributed by atoms with E-state index in [1.165, 1.54) is 12.1 Å². The van der Waals surface area contributed by atoms with Crippen LogP contribution in [0.15, 0.2) is 29.4 Å². The second kappa shape index (κ2) is 4.36. The van der Waals surface area contributed by atoms with Crippen LogP contribution in [0.5, 0.6) is 0 Å². The molecule has 0 aliphatic rings. The van der Waals surface area contributed by atoms with Crippen LogP contribution in [0.4, 0.5) is 5.69 Å². The van der Waals surface area contributed by atoms with Gasteiger partial charge in [0.15, 0.2) is 0 Å². The van der Waals surface area contributed by atoms with Crippen LogP contribution in [0.25, 0.3) is 0 Å². The van der Waals surface area contributed by atoms with Crippen LogP contribution in [-0.2, 0) is 0 Å². The lowest BCUT2D eigenvalue weighted by atomic mass is 10.1. The van der Waals surface area contributed by atoms with E-state index >= 15 is 0 Å². The summed E-state index contributed by atoms with van der Waals surface area (Å²) >= 11 is 0. The first-order valence-electron chi connectivity index (χ1n) is 4.20. The summed E-state index contributed by atoms with van der Waals surface area (Å²) in [5.41, 5.74) is 1.41. The maximum atomic E-state index is 10.5. The summed E-state index contributed by atoms with van der Waals surface area (Å²) < 4.78 is 0. The third-order valence-corrected chi connectivity index (χ3v) is 1.88. The summed E-state index contributed by atoms with van der Waals surface area (Å²) in [5, 5.41) is 14.1. The van der Waals surface area contributed by atoms with Crippen molar-refractivity contribution >= 4 is 11.4 Å². The van der Waals surface area contributed by atoms with Crippen molar-refractivity contribution in [2.45, 2.75) is 13.3 Å². The first-order valence-corrected chi connectivity index (χ1v) is 4.20. The quantitative estimate of drug-likeness (QED) is 0.343. The summed E-state index contributed by atoms with van der Waals surface area (Å²) in [6.45, 7) is 1.89. The average Bonchev–Trinajstić information content (AvgIpc) is 2.20. The number of benzene rings is 1. The average molecular weight is 193 g/mol. The number of non-ortho nitro benzene ring substituents is 1. The second-order valence-electron chi connectivity index (χ2n) is 2.74. The fourth-order valence-electron chi connectivity index (χ4n) is 1.17. The van der Waals surface area contributed by atoms with Crippen LogP contribution in [0.1, 0.15) is 18.9 Å². The number of rotatable bonds is 3. The first kappa shape index (κ1) is 10.2. The SMILES string of the molecule is CCC(=NN)c1cccc([N+](=O)[O-])c1. The van der Waals surface area contributed by atoms with Crippen LogP contribution >= 0.6 is 0 Å². The van der Waals surface area contributed by atoms with Gasteiger partial charge in [0.1, 0.15) is 0 Å². The van der Waals surface area contributed by atoms with Gasteiger partial charge in [0.25, 0.3) is 5.69 Å². The maximum Gasteiger partial charge on any atom is 0.270 e. The zero-order chi connectivity index (χ0) is 10.6. The van der Waals surface area contributed by atoms with Gasteiger partial charge in [-0.15, -0.1) is 0 Å². The van der Waals surface area contributed by atoms with Gasteiger partial charge in [-0.05, 0) is 6.42 Å². The highest BCUT2D eigenvalue weighted by Crippen LogP contribution is 2.14. The molecule has 0 aromatic heterocycles. The fraction of sp³-hybridized carbons (Fsp3) is 0.222. The molecule has 74 valence electrons. The molecule has 5 nitrogen and oxygen atoms in total. The topological polar surface area (TPSA) is 81.5 Å². The van der Waals surface area contributed by atoms with Gasteiger partial charge >= 0.3 is 0 Å². The molecule has 0 unspecified atom stereocenters. The summed E-state index contributed by atoms with van der Waals surface area (Å²) in [5.74, 6) is 5.16. The zero-order valence-electron chi connectivity index (χ0n) is 7.80. The third kappa shape index (κ3) is 2.07. The lowest BCUT2D eigenvalue weighted by Gasteiger charge is -2.01. The normalized spacial score (nSPS) is 11.4. The van der Waals surface area contributed by atoms with Gasteiger partial charge in [-0.25, -0.2) is 0 Å². The van der Waals surface area contributed by atoms with Crippen molar-refractivity contribution in [1.82, 2.24) is 0 Å². The lowest BCUT2D eigenvalue weighted by molar-refractivity contribution is -0.384. The van der Waals surface area contributed by atoms with Crippen LogP contribution < -0.4 is 5.84 Å². The van der Waals surface area contributed by atoms with Crippen LogP contribution in [0, 0.1) is 10.1 Å². The highest BCUT2D eigenvalue weighted by Gasteiger charge is 2.08. The number of nitro groups is 1. The van der Waals surface area contributed by atoms with E-state index in [4.69, 9.17) is 5.84 Å². The highest BCUT2D eigenvalue weighted by atomic mass is 16.6. The molecule has 14 heavy (non-hydrogen) atoms. The molecule has 0 amide bonds. The molecule has 0 spiro atoms. The third-order valence-electron chi connectivity index (χ3n) is 1.88. The van der Waals surface area contributed by atoms with E-state index in [-0.39, 0.29) is 5.69 Å². The Balaban J connectivity index is 3.11. The van der Waals surface area contributed by atoms with Gasteiger partial charge in [0.05, 0.1) is 10.6 Å². The number of nitrogens with zero attached hydrogens (tertiary/aromatic N) is 2. The van der Waals surface area contributed by atoms with E-state index in [1.54, 1.807) is 12.1 Å². The summed E-state index contributed by atoms with van der Waals surface area (Å²) in [4.78, 5) is 10.0. The molecule has 1 aromatic rings. The predicted molar refractivity (Wildman–Crippen MR) is 54.1 cm³/mol. The molecule has 0 fully saturated rings. The molecule has 0 saturated carbocycles. The Hall–Kier alpha value is -1.91. The molecule has 2 N–H and O–H groups in total. The molecular weight excluding hydrogens is 182 g/mol. The minimum absolute atomic E-state index is 0.0529. The minimum Gasteiger partial charge on any atom is -0.323 e. The monoisotopic (exact) mass is 193 g/mol. The van der Waals surface area contributed by atoms with E-state index in [0.29, 0.717) is 17.7 Å². The number of hydrazone groups is 1. The Bertz CT molecular complexity index is 374. The van der Waals surface area contributed by atoms with Gasteiger partial charge in [-0.1, -0.05) is 19.1 Å². The fourth-order valence-corrected chi connectivity index (χ4v) is 1.17. The highest BCUT2D eigenvalue weighted by molar-refractivity contribution is 6.00.